The summed E-state index contributed by atoms with van der Waals surface area (Å²) in [5.74, 6) is 0. The molecule has 0 unspecified atom stereocenters. The molecule has 0 aliphatic carbocycles. The Bertz CT molecular complexity index is 456. The summed E-state index contributed by atoms with van der Waals surface area (Å²) < 4.78 is 0. The van der Waals surface area contributed by atoms with Gasteiger partial charge >= 0.3 is 0 Å². The number of benzene rings is 1. The third-order valence-electron chi connectivity index (χ3n) is 3.41. The van der Waals surface area contributed by atoms with E-state index in [9.17, 15) is 0 Å². The number of anilines is 1. The van der Waals surface area contributed by atoms with Crippen LogP contribution < -0.4 is 10.2 Å². The lowest BCUT2D eigenvalue weighted by molar-refractivity contribution is 0.381. The largest absolute Gasteiger partial charge is 0.368 e. The molecule has 19 heavy (non-hydrogen) atoms. The van der Waals surface area contributed by atoms with Crippen molar-refractivity contribution in [3.63, 3.8) is 0 Å². The average Bonchev–Trinajstić information content (AvgIpc) is 2.42. The van der Waals surface area contributed by atoms with Crippen LogP contribution in [-0.2, 0) is 0 Å². The van der Waals surface area contributed by atoms with Crippen LogP contribution in [0.1, 0.15) is 12.5 Å². The van der Waals surface area contributed by atoms with E-state index < -0.39 is 0 Å². The number of aryl methyl sites for hydroxylation is 1. The number of nitrogens with one attached hydrogen (secondary N) is 1. The van der Waals surface area contributed by atoms with Gasteiger partial charge in [0.1, 0.15) is 0 Å². The molecule has 0 radical (unpaired) electrons. The van der Waals surface area contributed by atoms with Crippen molar-refractivity contribution < 1.29 is 0 Å². The van der Waals surface area contributed by atoms with E-state index in [1.807, 2.05) is 6.07 Å². The number of nitrogens with zero attached hydrogens (tertiary/aromatic N) is 2. The van der Waals surface area contributed by atoms with Crippen LogP contribution in [0.5, 0.6) is 0 Å². The Hall–Kier alpha value is -1.00. The summed E-state index contributed by atoms with van der Waals surface area (Å²) in [7, 11) is 0. The predicted octanol–water partition coefficient (Wildman–Crippen LogP) is 2.66. The summed E-state index contributed by atoms with van der Waals surface area (Å²) in [5, 5.41) is 4.87. The number of halogens is 1. The van der Waals surface area contributed by atoms with Gasteiger partial charge < -0.3 is 15.1 Å². The molecular formula is C14H20ClN3S. The maximum absolute atomic E-state index is 6.09. The maximum atomic E-state index is 6.09. The van der Waals surface area contributed by atoms with Crippen molar-refractivity contribution in [1.82, 2.24) is 10.2 Å². The van der Waals surface area contributed by atoms with Crippen LogP contribution >= 0.6 is 23.8 Å². The van der Waals surface area contributed by atoms with Crippen molar-refractivity contribution in [2.24, 2.45) is 0 Å². The molecule has 0 aromatic heterocycles. The lowest BCUT2D eigenvalue weighted by Crippen LogP contribution is -2.51. The van der Waals surface area contributed by atoms with Gasteiger partial charge in [-0.25, -0.2) is 0 Å². The second kappa shape index (κ2) is 6.44. The molecule has 1 aliphatic rings. The highest BCUT2D eigenvalue weighted by atomic mass is 35.5. The number of piperazine rings is 1. The predicted molar refractivity (Wildman–Crippen MR) is 86.2 cm³/mol. The van der Waals surface area contributed by atoms with E-state index in [1.165, 1.54) is 11.3 Å². The SMILES string of the molecule is CCNC(=S)N1CCN(c2cc(Cl)ccc2C)CC1. The Kier molecular flexibility index (Phi) is 4.88. The molecule has 3 nitrogen and oxygen atoms in total. The molecule has 5 heteroatoms. The second-order valence-corrected chi connectivity index (χ2v) is 5.56. The molecule has 104 valence electrons. The molecule has 0 saturated carbocycles. The van der Waals surface area contributed by atoms with Crippen molar-refractivity contribution in [3.8, 4) is 0 Å². The summed E-state index contributed by atoms with van der Waals surface area (Å²) in [4.78, 5) is 4.61. The molecule has 1 aromatic rings. The van der Waals surface area contributed by atoms with E-state index in [1.54, 1.807) is 0 Å². The van der Waals surface area contributed by atoms with Crippen molar-refractivity contribution in [2.45, 2.75) is 13.8 Å². The molecule has 0 spiro atoms. The summed E-state index contributed by atoms with van der Waals surface area (Å²) in [6.45, 7) is 8.95. The zero-order valence-corrected chi connectivity index (χ0v) is 13.0. The number of hydrogen-bond acceptors (Lipinski definition) is 2. The summed E-state index contributed by atoms with van der Waals surface area (Å²) in [6.07, 6.45) is 0. The van der Waals surface area contributed by atoms with E-state index in [-0.39, 0.29) is 0 Å². The normalized spacial score (nSPS) is 15.5. The van der Waals surface area contributed by atoms with Crippen molar-refractivity contribution in [3.05, 3.63) is 28.8 Å². The fourth-order valence-corrected chi connectivity index (χ4v) is 2.83. The first-order chi connectivity index (χ1) is 9.11. The van der Waals surface area contributed by atoms with Crippen molar-refractivity contribution >= 4 is 34.6 Å². The van der Waals surface area contributed by atoms with Crippen LogP contribution in [0.3, 0.4) is 0 Å². The van der Waals surface area contributed by atoms with Crippen LogP contribution in [0, 0.1) is 6.92 Å². The first-order valence-electron chi connectivity index (χ1n) is 6.65. The number of thiocarbonyl (C=S) groups is 1. The van der Waals surface area contributed by atoms with Crippen LogP contribution in [-0.4, -0.2) is 42.7 Å². The minimum atomic E-state index is 0.797. The zero-order chi connectivity index (χ0) is 13.8. The Balaban J connectivity index is 2.00. The van der Waals surface area contributed by atoms with E-state index in [0.717, 1.165) is 42.9 Å². The van der Waals surface area contributed by atoms with Gasteiger partial charge in [-0.3, -0.25) is 0 Å². The van der Waals surface area contributed by atoms with Crippen LogP contribution in [0.2, 0.25) is 5.02 Å². The maximum Gasteiger partial charge on any atom is 0.169 e. The number of hydrogen-bond donors (Lipinski definition) is 1. The smallest absolute Gasteiger partial charge is 0.169 e. The first kappa shape index (κ1) is 14.4. The minimum absolute atomic E-state index is 0.797. The summed E-state index contributed by atoms with van der Waals surface area (Å²) in [5.41, 5.74) is 2.51. The van der Waals surface area contributed by atoms with Crippen LogP contribution in [0.25, 0.3) is 0 Å². The number of rotatable bonds is 2. The van der Waals surface area contributed by atoms with Gasteiger partial charge in [-0.15, -0.1) is 0 Å². The van der Waals surface area contributed by atoms with Gasteiger partial charge in [0.25, 0.3) is 0 Å². The molecule has 1 aliphatic heterocycles. The van der Waals surface area contributed by atoms with Gasteiger partial charge in [-0.05, 0) is 43.8 Å². The third-order valence-corrected chi connectivity index (χ3v) is 4.04. The van der Waals surface area contributed by atoms with Gasteiger partial charge in [0.05, 0.1) is 0 Å². The van der Waals surface area contributed by atoms with Gasteiger partial charge in [0.2, 0.25) is 0 Å². The molecule has 1 heterocycles. The monoisotopic (exact) mass is 297 g/mol. The molecule has 0 atom stereocenters. The van der Waals surface area contributed by atoms with Crippen molar-refractivity contribution in [1.29, 1.82) is 0 Å². The van der Waals surface area contributed by atoms with Gasteiger partial charge in [-0.1, -0.05) is 17.7 Å². The second-order valence-electron chi connectivity index (χ2n) is 4.74. The molecule has 2 rings (SSSR count). The third kappa shape index (κ3) is 3.51. The molecule has 0 amide bonds. The fraction of sp³-hybridized carbons (Fsp3) is 0.500. The molecule has 1 N–H and O–H groups in total. The standard InChI is InChI=1S/C14H20ClN3S/c1-3-16-14(19)18-8-6-17(7-9-18)13-10-12(15)5-4-11(13)2/h4-5,10H,3,6-9H2,1-2H3,(H,16,19). The molecule has 1 aromatic carbocycles. The Labute approximate surface area is 125 Å². The van der Waals surface area contributed by atoms with Gasteiger partial charge in [0, 0.05) is 43.4 Å². The average molecular weight is 298 g/mol. The quantitative estimate of drug-likeness (QED) is 0.846. The Morgan fingerprint density at radius 2 is 2.00 bits per heavy atom. The van der Waals surface area contributed by atoms with Crippen molar-refractivity contribution in [2.75, 3.05) is 37.6 Å². The summed E-state index contributed by atoms with van der Waals surface area (Å²) >= 11 is 11.4. The fourth-order valence-electron chi connectivity index (χ4n) is 2.34. The van der Waals surface area contributed by atoms with Gasteiger partial charge in [-0.2, -0.15) is 0 Å². The highest BCUT2D eigenvalue weighted by molar-refractivity contribution is 7.80. The lowest BCUT2D eigenvalue weighted by Gasteiger charge is -2.38. The van der Waals surface area contributed by atoms with E-state index in [2.05, 4.69) is 41.1 Å². The van der Waals surface area contributed by atoms with Crippen LogP contribution in [0.4, 0.5) is 5.69 Å². The van der Waals surface area contributed by atoms with Crippen LogP contribution in [0.15, 0.2) is 18.2 Å². The molecule has 0 bridgehead atoms. The van der Waals surface area contributed by atoms with E-state index in [4.69, 9.17) is 23.8 Å². The van der Waals surface area contributed by atoms with Gasteiger partial charge in [0.15, 0.2) is 5.11 Å². The highest BCUT2D eigenvalue weighted by Gasteiger charge is 2.19. The molecule has 1 fully saturated rings. The van der Waals surface area contributed by atoms with E-state index >= 15 is 0 Å². The topological polar surface area (TPSA) is 18.5 Å². The zero-order valence-electron chi connectivity index (χ0n) is 11.4. The Morgan fingerprint density at radius 1 is 1.32 bits per heavy atom. The summed E-state index contributed by atoms with van der Waals surface area (Å²) in [6, 6.07) is 6.07. The molecule has 1 saturated heterocycles. The minimum Gasteiger partial charge on any atom is -0.368 e. The highest BCUT2D eigenvalue weighted by Crippen LogP contribution is 2.25. The molecular weight excluding hydrogens is 278 g/mol. The van der Waals surface area contributed by atoms with E-state index in [0.29, 0.717) is 0 Å². The lowest BCUT2D eigenvalue weighted by atomic mass is 10.1. The Morgan fingerprint density at radius 3 is 2.63 bits per heavy atom. The first-order valence-corrected chi connectivity index (χ1v) is 7.44.